The van der Waals surface area contributed by atoms with Gasteiger partial charge in [-0.05, 0) is 43.0 Å². The molecule has 29 heavy (non-hydrogen) atoms. The van der Waals surface area contributed by atoms with Gasteiger partial charge in [0.25, 0.3) is 0 Å². The third kappa shape index (κ3) is 5.53. The normalized spacial score (nSPS) is 22.2. The van der Waals surface area contributed by atoms with E-state index in [-0.39, 0.29) is 0 Å². The van der Waals surface area contributed by atoms with Crippen LogP contribution in [0.1, 0.15) is 35.6 Å². The molecule has 8 nitrogen and oxygen atoms in total. The van der Waals surface area contributed by atoms with E-state index in [4.69, 9.17) is 25.1 Å². The lowest BCUT2D eigenvalue weighted by Crippen LogP contribution is -2.25. The molecular formula is C19H20N4O4S2. The zero-order chi connectivity index (χ0) is 20.8. The van der Waals surface area contributed by atoms with E-state index in [0.29, 0.717) is 11.5 Å². The van der Waals surface area contributed by atoms with Gasteiger partial charge in [-0.25, -0.2) is 9.59 Å². The topological polar surface area (TPSA) is 127 Å². The Morgan fingerprint density at radius 3 is 2.55 bits per heavy atom. The van der Waals surface area contributed by atoms with Crippen molar-refractivity contribution in [2.45, 2.75) is 29.5 Å². The van der Waals surface area contributed by atoms with Gasteiger partial charge in [0.05, 0.1) is 29.1 Å². The first-order valence-electron chi connectivity index (χ1n) is 9.10. The average Bonchev–Trinajstić information content (AvgIpc) is 3.30. The lowest BCUT2D eigenvalue weighted by atomic mass is 9.89. The van der Waals surface area contributed by atoms with E-state index in [2.05, 4.69) is 19.7 Å². The van der Waals surface area contributed by atoms with Crippen LogP contribution in [0, 0.1) is 17.2 Å². The molecule has 0 saturated carbocycles. The van der Waals surface area contributed by atoms with Gasteiger partial charge in [0.2, 0.25) is 0 Å². The van der Waals surface area contributed by atoms with E-state index in [0.717, 1.165) is 23.2 Å². The van der Waals surface area contributed by atoms with Gasteiger partial charge in [-0.3, -0.25) is 0 Å². The summed E-state index contributed by atoms with van der Waals surface area (Å²) in [7, 11) is 0. The van der Waals surface area contributed by atoms with E-state index < -0.39 is 11.9 Å². The number of piperidine rings is 1. The first-order valence-corrected chi connectivity index (χ1v) is 10.8. The molecule has 2 aliphatic rings. The Labute approximate surface area is 176 Å². The Bertz CT molecular complexity index is 898. The number of nitriles is 1. The number of hydrogen-bond acceptors (Lipinski definition) is 8. The molecule has 0 amide bonds. The van der Waals surface area contributed by atoms with Gasteiger partial charge in [0.1, 0.15) is 5.03 Å². The number of benzene rings is 1. The average molecular weight is 433 g/mol. The molecule has 0 spiro atoms. The molecule has 2 fully saturated rings. The Kier molecular flexibility index (Phi) is 7.19. The Morgan fingerprint density at radius 1 is 1.21 bits per heavy atom. The van der Waals surface area contributed by atoms with Crippen LogP contribution in [0.2, 0.25) is 0 Å². The second-order valence-electron chi connectivity index (χ2n) is 6.93. The number of rotatable bonds is 4. The second-order valence-corrected chi connectivity index (χ2v) is 8.42. The summed E-state index contributed by atoms with van der Waals surface area (Å²) >= 11 is 3.12. The number of nitrogens with zero attached hydrogens (tertiary/aromatic N) is 4. The molecule has 2 aliphatic heterocycles. The molecule has 2 saturated heterocycles. The zero-order valence-electron chi connectivity index (χ0n) is 15.5. The molecule has 2 bridgehead atoms. The maximum absolute atomic E-state index is 9.10. The number of aromatic nitrogens is 2. The first kappa shape index (κ1) is 21.2. The van der Waals surface area contributed by atoms with Gasteiger partial charge in [-0.1, -0.05) is 23.9 Å². The van der Waals surface area contributed by atoms with Crippen molar-refractivity contribution in [3.8, 4) is 6.07 Å². The number of fused-ring (bicyclic) bond motifs is 2. The van der Waals surface area contributed by atoms with Crippen molar-refractivity contribution in [2.24, 2.45) is 5.92 Å². The van der Waals surface area contributed by atoms with Gasteiger partial charge in [-0.2, -0.15) is 14.0 Å². The van der Waals surface area contributed by atoms with Crippen molar-refractivity contribution in [2.75, 3.05) is 19.6 Å². The fourth-order valence-corrected chi connectivity index (χ4v) is 5.39. The molecule has 10 heteroatoms. The molecule has 1 unspecified atom stereocenters. The van der Waals surface area contributed by atoms with Crippen LogP contribution in [0.3, 0.4) is 0 Å². The van der Waals surface area contributed by atoms with Crippen LogP contribution in [0.4, 0.5) is 0 Å². The zero-order valence-corrected chi connectivity index (χ0v) is 17.2. The summed E-state index contributed by atoms with van der Waals surface area (Å²) in [5.74, 6) is -1.43. The molecule has 1 aromatic heterocycles. The van der Waals surface area contributed by atoms with Crippen LogP contribution in [0.5, 0.6) is 0 Å². The summed E-state index contributed by atoms with van der Waals surface area (Å²) in [4.78, 5) is 20.8. The largest absolute Gasteiger partial charge is 0.473 e. The summed E-state index contributed by atoms with van der Waals surface area (Å²) in [6.07, 6.45) is 2.66. The van der Waals surface area contributed by atoms with Gasteiger partial charge in [0, 0.05) is 24.8 Å². The summed E-state index contributed by atoms with van der Waals surface area (Å²) in [5.41, 5.74) is 3.16. The summed E-state index contributed by atoms with van der Waals surface area (Å²) in [6, 6.07) is 9.97. The van der Waals surface area contributed by atoms with Crippen molar-refractivity contribution in [3.63, 3.8) is 0 Å². The predicted octanol–water partition coefficient (Wildman–Crippen LogP) is 2.67. The first-order chi connectivity index (χ1) is 14.0. The number of hydrogen-bond donors (Lipinski definition) is 2. The minimum atomic E-state index is -1.82. The molecule has 0 aliphatic carbocycles. The van der Waals surface area contributed by atoms with Gasteiger partial charge < -0.3 is 15.1 Å². The highest BCUT2D eigenvalue weighted by Gasteiger charge is 2.38. The van der Waals surface area contributed by atoms with Crippen molar-refractivity contribution >= 4 is 35.4 Å². The van der Waals surface area contributed by atoms with Gasteiger partial charge >= 0.3 is 11.9 Å². The summed E-state index contributed by atoms with van der Waals surface area (Å²) < 4.78 is 9.18. The third-order valence-electron chi connectivity index (χ3n) is 5.04. The van der Waals surface area contributed by atoms with Crippen LogP contribution < -0.4 is 0 Å². The maximum atomic E-state index is 9.10. The van der Waals surface area contributed by atoms with E-state index in [1.165, 1.54) is 48.9 Å². The lowest BCUT2D eigenvalue weighted by molar-refractivity contribution is -0.159. The molecule has 4 rings (SSSR count). The highest BCUT2D eigenvalue weighted by atomic mass is 32.2. The maximum Gasteiger partial charge on any atom is 0.414 e. The molecule has 2 aromatic rings. The SMILES string of the molecule is N#Cc1ccc(CSc2nsnc2[C@H]2CN3CCC[C@@H]2C3)cc1.O=C(O)C(=O)O. The predicted molar refractivity (Wildman–Crippen MR) is 108 cm³/mol. The van der Waals surface area contributed by atoms with Crippen LogP contribution >= 0.6 is 23.5 Å². The molecule has 152 valence electrons. The van der Waals surface area contributed by atoms with Gasteiger partial charge in [0.15, 0.2) is 0 Å². The monoisotopic (exact) mass is 432 g/mol. The Hall–Kier alpha value is -2.48. The quantitative estimate of drug-likeness (QED) is 0.553. The minimum Gasteiger partial charge on any atom is -0.473 e. The van der Waals surface area contributed by atoms with Crippen molar-refractivity contribution in [3.05, 3.63) is 41.1 Å². The second kappa shape index (κ2) is 9.82. The molecule has 3 heterocycles. The van der Waals surface area contributed by atoms with E-state index in [9.17, 15) is 0 Å². The van der Waals surface area contributed by atoms with Crippen molar-refractivity contribution < 1.29 is 19.8 Å². The van der Waals surface area contributed by atoms with Gasteiger partial charge in [-0.15, -0.1) is 0 Å². The fraction of sp³-hybridized carbons (Fsp3) is 0.421. The number of carbonyl (C=O) groups is 2. The summed E-state index contributed by atoms with van der Waals surface area (Å²) in [5, 5.41) is 24.8. The summed E-state index contributed by atoms with van der Waals surface area (Å²) in [6.45, 7) is 3.64. The van der Waals surface area contributed by atoms with E-state index >= 15 is 0 Å². The van der Waals surface area contributed by atoms with Crippen LogP contribution in [-0.4, -0.2) is 55.4 Å². The Morgan fingerprint density at radius 2 is 1.93 bits per heavy atom. The minimum absolute atomic E-state index is 0.569. The molecule has 0 radical (unpaired) electrons. The highest BCUT2D eigenvalue weighted by Crippen LogP contribution is 2.41. The van der Waals surface area contributed by atoms with E-state index in [1.807, 2.05) is 24.3 Å². The molecule has 2 N–H and O–H groups in total. The fourth-order valence-electron chi connectivity index (χ4n) is 3.66. The standard InChI is InChI=1S/C17H18N4S2.C2H2O4/c18-8-12-3-5-13(6-4-12)11-22-17-16(19-23-20-17)15-10-21-7-1-2-14(15)9-21;3-1(4)2(5)6/h3-6,14-15H,1-2,7,9-11H2;(H,3,4)(H,5,6)/t14-,15+;/m1./s1. The highest BCUT2D eigenvalue weighted by molar-refractivity contribution is 7.98. The Balaban J connectivity index is 0.000000353. The van der Waals surface area contributed by atoms with Crippen LogP contribution in [0.25, 0.3) is 0 Å². The smallest absolute Gasteiger partial charge is 0.414 e. The lowest BCUT2D eigenvalue weighted by Gasteiger charge is -2.21. The van der Waals surface area contributed by atoms with E-state index in [1.54, 1.807) is 11.8 Å². The molecule has 3 atom stereocenters. The third-order valence-corrected chi connectivity index (χ3v) is 6.75. The van der Waals surface area contributed by atoms with Crippen LogP contribution in [0.15, 0.2) is 29.3 Å². The number of aliphatic carboxylic acids is 2. The number of carboxylic acid groups (broad SMARTS) is 2. The van der Waals surface area contributed by atoms with Crippen molar-refractivity contribution in [1.29, 1.82) is 5.26 Å². The van der Waals surface area contributed by atoms with Crippen LogP contribution in [-0.2, 0) is 15.3 Å². The van der Waals surface area contributed by atoms with Crippen molar-refractivity contribution in [1.82, 2.24) is 13.6 Å². The molecular weight excluding hydrogens is 412 g/mol. The molecule has 1 aromatic carbocycles. The number of thioether (sulfide) groups is 1. The number of carboxylic acids is 2.